The van der Waals surface area contributed by atoms with Crippen molar-refractivity contribution in [2.75, 3.05) is 12.4 Å². The van der Waals surface area contributed by atoms with Crippen LogP contribution in [0.25, 0.3) is 0 Å². The SMILES string of the molecule is Cc1cc(Cl)ccc1N=C1SC(CC(=O)Nc2cc(Cl)ccc2C)C(=O)N1C. The van der Waals surface area contributed by atoms with Gasteiger partial charge in [0, 0.05) is 29.2 Å². The standard InChI is InChI=1S/C20H19Cl2N3O2S/c1-11-4-5-14(22)9-16(11)23-18(26)10-17-19(27)25(3)20(28-17)24-15-7-6-13(21)8-12(15)2/h4-9,17H,10H2,1-3H3,(H,23,26). The van der Waals surface area contributed by atoms with Gasteiger partial charge < -0.3 is 5.32 Å². The number of thioether (sulfide) groups is 1. The lowest BCUT2D eigenvalue weighted by Gasteiger charge is -2.11. The van der Waals surface area contributed by atoms with E-state index in [-0.39, 0.29) is 18.2 Å². The Morgan fingerprint density at radius 1 is 1.14 bits per heavy atom. The Labute approximate surface area is 178 Å². The van der Waals surface area contributed by atoms with Crippen molar-refractivity contribution in [1.82, 2.24) is 4.90 Å². The van der Waals surface area contributed by atoms with E-state index in [0.29, 0.717) is 20.9 Å². The highest BCUT2D eigenvalue weighted by molar-refractivity contribution is 8.15. The second-order valence-electron chi connectivity index (χ2n) is 6.54. The van der Waals surface area contributed by atoms with Crippen LogP contribution in [0.5, 0.6) is 0 Å². The fourth-order valence-corrected chi connectivity index (χ4v) is 4.29. The van der Waals surface area contributed by atoms with Crippen LogP contribution in [0, 0.1) is 13.8 Å². The number of anilines is 1. The number of aryl methyl sites for hydroxylation is 2. The van der Waals surface area contributed by atoms with Crippen LogP contribution in [-0.2, 0) is 9.59 Å². The van der Waals surface area contributed by atoms with Gasteiger partial charge in [-0.15, -0.1) is 0 Å². The first kappa shape index (κ1) is 20.7. The van der Waals surface area contributed by atoms with E-state index in [1.54, 1.807) is 25.2 Å². The number of benzene rings is 2. The Morgan fingerprint density at radius 2 is 1.82 bits per heavy atom. The molecule has 0 radical (unpaired) electrons. The number of halogens is 2. The van der Waals surface area contributed by atoms with E-state index in [9.17, 15) is 9.59 Å². The summed E-state index contributed by atoms with van der Waals surface area (Å²) in [7, 11) is 1.67. The molecule has 1 N–H and O–H groups in total. The summed E-state index contributed by atoms with van der Waals surface area (Å²) in [6, 6.07) is 10.7. The van der Waals surface area contributed by atoms with Crippen LogP contribution in [0.2, 0.25) is 10.0 Å². The van der Waals surface area contributed by atoms with Gasteiger partial charge in [-0.1, -0.05) is 41.0 Å². The van der Waals surface area contributed by atoms with E-state index in [2.05, 4.69) is 10.3 Å². The van der Waals surface area contributed by atoms with Crippen LogP contribution in [-0.4, -0.2) is 34.2 Å². The molecule has 3 rings (SSSR count). The van der Waals surface area contributed by atoms with Gasteiger partial charge in [0.2, 0.25) is 11.8 Å². The summed E-state index contributed by atoms with van der Waals surface area (Å²) >= 11 is 13.3. The quantitative estimate of drug-likeness (QED) is 0.717. The normalized spacial score (nSPS) is 18.0. The molecule has 0 spiro atoms. The average molecular weight is 436 g/mol. The predicted molar refractivity (Wildman–Crippen MR) is 117 cm³/mol. The third-order valence-electron chi connectivity index (χ3n) is 4.36. The van der Waals surface area contributed by atoms with Crippen molar-refractivity contribution >= 4 is 63.3 Å². The van der Waals surface area contributed by atoms with Crippen LogP contribution >= 0.6 is 35.0 Å². The Kier molecular flexibility index (Phi) is 6.33. The van der Waals surface area contributed by atoms with E-state index in [1.165, 1.54) is 16.7 Å². The van der Waals surface area contributed by atoms with Crippen LogP contribution < -0.4 is 5.32 Å². The van der Waals surface area contributed by atoms with E-state index in [4.69, 9.17) is 23.2 Å². The maximum atomic E-state index is 12.6. The number of aliphatic imine (C=N–C) groups is 1. The Hall–Kier alpha value is -2.02. The van der Waals surface area contributed by atoms with Crippen LogP contribution in [0.4, 0.5) is 11.4 Å². The average Bonchev–Trinajstić information content (AvgIpc) is 2.88. The highest BCUT2D eigenvalue weighted by atomic mass is 35.5. The molecule has 0 saturated carbocycles. The summed E-state index contributed by atoms with van der Waals surface area (Å²) in [5, 5.41) is 4.05. The summed E-state index contributed by atoms with van der Waals surface area (Å²) in [6.45, 7) is 3.79. The van der Waals surface area contributed by atoms with Gasteiger partial charge in [-0.3, -0.25) is 14.5 Å². The van der Waals surface area contributed by atoms with Crippen molar-refractivity contribution in [3.8, 4) is 0 Å². The second kappa shape index (κ2) is 8.55. The molecule has 2 aromatic rings. The topological polar surface area (TPSA) is 61.8 Å². The zero-order valence-electron chi connectivity index (χ0n) is 15.6. The minimum absolute atomic E-state index is 0.0540. The minimum Gasteiger partial charge on any atom is -0.326 e. The van der Waals surface area contributed by atoms with Gasteiger partial charge in [0.15, 0.2) is 5.17 Å². The van der Waals surface area contributed by atoms with Crippen molar-refractivity contribution in [1.29, 1.82) is 0 Å². The number of nitrogens with one attached hydrogen (secondary N) is 1. The molecule has 1 saturated heterocycles. The summed E-state index contributed by atoms with van der Waals surface area (Å²) in [4.78, 5) is 31.1. The monoisotopic (exact) mass is 435 g/mol. The molecule has 1 fully saturated rings. The lowest BCUT2D eigenvalue weighted by molar-refractivity contribution is -0.127. The molecule has 2 aromatic carbocycles. The van der Waals surface area contributed by atoms with Crippen LogP contribution in [0.1, 0.15) is 17.5 Å². The molecule has 1 heterocycles. The lowest BCUT2D eigenvalue weighted by Crippen LogP contribution is -2.30. The summed E-state index contributed by atoms with van der Waals surface area (Å²) in [5.41, 5.74) is 3.21. The molecule has 2 amide bonds. The van der Waals surface area contributed by atoms with Crippen molar-refractivity contribution in [2.24, 2.45) is 4.99 Å². The number of amidine groups is 1. The summed E-state index contributed by atoms with van der Waals surface area (Å²) in [5.74, 6) is -0.387. The van der Waals surface area contributed by atoms with Crippen molar-refractivity contribution in [3.63, 3.8) is 0 Å². The van der Waals surface area contributed by atoms with E-state index >= 15 is 0 Å². The van der Waals surface area contributed by atoms with Crippen LogP contribution in [0.15, 0.2) is 41.4 Å². The number of nitrogens with zero attached hydrogens (tertiary/aromatic N) is 2. The zero-order valence-corrected chi connectivity index (χ0v) is 18.0. The van der Waals surface area contributed by atoms with E-state index in [1.807, 2.05) is 32.0 Å². The number of hydrogen-bond acceptors (Lipinski definition) is 4. The first-order valence-electron chi connectivity index (χ1n) is 8.59. The fourth-order valence-electron chi connectivity index (χ4n) is 2.74. The predicted octanol–water partition coefficient (Wildman–Crippen LogP) is 5.20. The molecule has 0 aliphatic carbocycles. The molecule has 1 aliphatic heterocycles. The number of amides is 2. The van der Waals surface area contributed by atoms with Crippen molar-refractivity contribution in [3.05, 3.63) is 57.6 Å². The molecule has 1 unspecified atom stereocenters. The van der Waals surface area contributed by atoms with Gasteiger partial charge in [-0.2, -0.15) is 0 Å². The highest BCUT2D eigenvalue weighted by Gasteiger charge is 2.37. The Balaban J connectivity index is 1.71. The van der Waals surface area contributed by atoms with Gasteiger partial charge in [0.05, 0.1) is 5.69 Å². The number of carbonyl (C=O) groups is 2. The first-order chi connectivity index (χ1) is 13.2. The number of rotatable bonds is 4. The van der Waals surface area contributed by atoms with E-state index in [0.717, 1.165) is 16.8 Å². The largest absolute Gasteiger partial charge is 0.326 e. The molecular formula is C20H19Cl2N3O2S. The number of hydrogen-bond donors (Lipinski definition) is 1. The molecule has 8 heteroatoms. The minimum atomic E-state index is -0.518. The maximum absolute atomic E-state index is 12.6. The van der Waals surface area contributed by atoms with Gasteiger partial charge in [0.25, 0.3) is 0 Å². The van der Waals surface area contributed by atoms with Crippen molar-refractivity contribution < 1.29 is 9.59 Å². The molecule has 0 bridgehead atoms. The molecule has 28 heavy (non-hydrogen) atoms. The second-order valence-corrected chi connectivity index (χ2v) is 8.58. The third-order valence-corrected chi connectivity index (χ3v) is 6.06. The molecule has 1 aliphatic rings. The first-order valence-corrected chi connectivity index (χ1v) is 10.2. The fraction of sp³-hybridized carbons (Fsp3) is 0.250. The van der Waals surface area contributed by atoms with Gasteiger partial charge in [-0.25, -0.2) is 4.99 Å². The number of carbonyl (C=O) groups excluding carboxylic acids is 2. The van der Waals surface area contributed by atoms with Crippen LogP contribution in [0.3, 0.4) is 0 Å². The van der Waals surface area contributed by atoms with Gasteiger partial charge in [0.1, 0.15) is 5.25 Å². The third kappa shape index (κ3) is 4.69. The smallest absolute Gasteiger partial charge is 0.242 e. The molecule has 5 nitrogen and oxygen atoms in total. The maximum Gasteiger partial charge on any atom is 0.242 e. The Morgan fingerprint density at radius 3 is 2.54 bits per heavy atom. The van der Waals surface area contributed by atoms with Gasteiger partial charge >= 0.3 is 0 Å². The zero-order chi connectivity index (χ0) is 20.4. The molecule has 146 valence electrons. The van der Waals surface area contributed by atoms with Crippen molar-refractivity contribution in [2.45, 2.75) is 25.5 Å². The summed E-state index contributed by atoms with van der Waals surface area (Å²) in [6.07, 6.45) is 0.0540. The Bertz CT molecular complexity index is 978. The molecule has 1 atom stereocenters. The molecular weight excluding hydrogens is 417 g/mol. The lowest BCUT2D eigenvalue weighted by atomic mass is 10.2. The van der Waals surface area contributed by atoms with Gasteiger partial charge in [-0.05, 0) is 55.3 Å². The highest BCUT2D eigenvalue weighted by Crippen LogP contribution is 2.32. The summed E-state index contributed by atoms with van der Waals surface area (Å²) < 4.78 is 0. The molecule has 0 aromatic heterocycles. The van der Waals surface area contributed by atoms with E-state index < -0.39 is 5.25 Å².